The van der Waals surface area contributed by atoms with Crippen molar-refractivity contribution in [2.24, 2.45) is 0 Å². The number of hydrogen-bond acceptors (Lipinski definition) is 2. The number of carbonyl (C=O) groups is 1. The molecule has 0 heterocycles. The molecule has 1 aromatic carbocycles. The van der Waals surface area contributed by atoms with E-state index in [0.29, 0.717) is 0 Å². The molecule has 0 saturated carbocycles. The monoisotopic (exact) mass is 192 g/mol. The van der Waals surface area contributed by atoms with E-state index >= 15 is 0 Å². The van der Waals surface area contributed by atoms with Gasteiger partial charge in [-0.25, -0.2) is 0 Å². The zero-order chi connectivity index (χ0) is 9.52. The molecule has 0 spiro atoms. The third kappa shape index (κ3) is 4.53. The normalized spacial score (nSPS) is 10.5. The van der Waals surface area contributed by atoms with E-state index in [2.05, 4.69) is 0 Å². The maximum Gasteiger partial charge on any atom is 0.186 e. The minimum absolute atomic E-state index is 0.165. The first-order valence-electron chi connectivity index (χ1n) is 4.14. The first kappa shape index (κ1) is 10.1. The Morgan fingerprint density at radius 1 is 1.38 bits per heavy atom. The van der Waals surface area contributed by atoms with Crippen molar-refractivity contribution >= 4 is 23.0 Å². The summed E-state index contributed by atoms with van der Waals surface area (Å²) in [5.74, 6) is 0.754. The van der Waals surface area contributed by atoms with Gasteiger partial charge in [0.1, 0.15) is 0 Å². The highest BCUT2D eigenvalue weighted by molar-refractivity contribution is 8.13. The Hall–Kier alpha value is -1.02. The van der Waals surface area contributed by atoms with Gasteiger partial charge in [-0.2, -0.15) is 0 Å². The molecule has 1 aromatic rings. The molecule has 0 fully saturated rings. The van der Waals surface area contributed by atoms with Gasteiger partial charge in [0.25, 0.3) is 0 Å². The zero-order valence-corrected chi connectivity index (χ0v) is 8.38. The lowest BCUT2D eigenvalue weighted by Crippen LogP contribution is -1.81. The van der Waals surface area contributed by atoms with E-state index in [1.54, 1.807) is 6.92 Å². The molecule has 1 nitrogen and oxygen atoms in total. The lowest BCUT2D eigenvalue weighted by Gasteiger charge is -1.91. The fourth-order valence-electron chi connectivity index (χ4n) is 0.914. The van der Waals surface area contributed by atoms with Gasteiger partial charge in [0.05, 0.1) is 0 Å². The summed E-state index contributed by atoms with van der Waals surface area (Å²) >= 11 is 1.32. The predicted octanol–water partition coefficient (Wildman–Crippen LogP) is 2.98. The summed E-state index contributed by atoms with van der Waals surface area (Å²) in [5.41, 5.74) is 1.17. The Kier molecular flexibility index (Phi) is 4.33. The number of thioether (sulfide) groups is 1. The summed E-state index contributed by atoms with van der Waals surface area (Å²) in [6.45, 7) is 1.58. The van der Waals surface area contributed by atoms with Gasteiger partial charge in [-0.05, 0) is 5.56 Å². The van der Waals surface area contributed by atoms with Gasteiger partial charge in [0.2, 0.25) is 0 Å². The minimum Gasteiger partial charge on any atom is -0.288 e. The minimum atomic E-state index is 0.165. The summed E-state index contributed by atoms with van der Waals surface area (Å²) in [5, 5.41) is 0.165. The first-order valence-corrected chi connectivity index (χ1v) is 5.12. The number of benzene rings is 1. The lowest BCUT2D eigenvalue weighted by atomic mass is 10.2. The molecule has 0 unspecified atom stereocenters. The van der Waals surface area contributed by atoms with E-state index in [-0.39, 0.29) is 5.12 Å². The average molecular weight is 192 g/mol. The van der Waals surface area contributed by atoms with Gasteiger partial charge in [-0.3, -0.25) is 4.79 Å². The molecule has 0 saturated heterocycles. The fraction of sp³-hybridized carbons (Fsp3) is 0.182. The standard InChI is InChI=1S/C11H12OS/c1-10(12)13-9-5-8-11-6-3-2-4-7-11/h2-8H,9H2,1H3. The zero-order valence-electron chi connectivity index (χ0n) is 7.57. The van der Waals surface area contributed by atoms with Crippen molar-refractivity contribution in [3.63, 3.8) is 0 Å². The molecule has 0 radical (unpaired) electrons. The van der Waals surface area contributed by atoms with Crippen LogP contribution in [0.25, 0.3) is 6.08 Å². The van der Waals surface area contributed by atoms with Crippen LogP contribution in [0.1, 0.15) is 12.5 Å². The Bertz CT molecular complexity index is 290. The molecule has 2 heteroatoms. The fourth-order valence-corrected chi connectivity index (χ4v) is 1.34. The number of carbonyl (C=O) groups excluding carboxylic acids is 1. The van der Waals surface area contributed by atoms with Crippen molar-refractivity contribution in [1.29, 1.82) is 0 Å². The van der Waals surface area contributed by atoms with Crippen molar-refractivity contribution in [3.05, 3.63) is 42.0 Å². The average Bonchev–Trinajstić information content (AvgIpc) is 2.14. The summed E-state index contributed by atoms with van der Waals surface area (Å²) in [7, 11) is 0. The molecule has 0 amide bonds. The molecule has 1 rings (SSSR count). The van der Waals surface area contributed by atoms with Crippen LogP contribution < -0.4 is 0 Å². The van der Waals surface area contributed by atoms with Crippen LogP contribution in [0, 0.1) is 0 Å². The molecule has 0 atom stereocenters. The van der Waals surface area contributed by atoms with E-state index in [4.69, 9.17) is 0 Å². The highest BCUT2D eigenvalue weighted by Gasteiger charge is 1.88. The van der Waals surface area contributed by atoms with Gasteiger partial charge < -0.3 is 0 Å². The van der Waals surface area contributed by atoms with E-state index in [1.165, 1.54) is 17.3 Å². The highest BCUT2D eigenvalue weighted by Crippen LogP contribution is 2.05. The first-order chi connectivity index (χ1) is 6.29. The second-order valence-electron chi connectivity index (χ2n) is 2.62. The van der Waals surface area contributed by atoms with Crippen LogP contribution in [0.4, 0.5) is 0 Å². The SMILES string of the molecule is CC(=O)SCC=Cc1ccccc1. The number of rotatable bonds is 3. The van der Waals surface area contributed by atoms with Crippen LogP contribution >= 0.6 is 11.8 Å². The van der Waals surface area contributed by atoms with E-state index < -0.39 is 0 Å². The van der Waals surface area contributed by atoms with Crippen molar-refractivity contribution in [2.45, 2.75) is 6.92 Å². The Labute approximate surface area is 82.9 Å². The van der Waals surface area contributed by atoms with Crippen molar-refractivity contribution in [2.75, 3.05) is 5.75 Å². The van der Waals surface area contributed by atoms with E-state index in [0.717, 1.165) is 5.75 Å². The molecule has 13 heavy (non-hydrogen) atoms. The highest BCUT2D eigenvalue weighted by atomic mass is 32.2. The molecule has 68 valence electrons. The summed E-state index contributed by atoms with van der Waals surface area (Å²) in [4.78, 5) is 10.6. The Morgan fingerprint density at radius 3 is 2.69 bits per heavy atom. The van der Waals surface area contributed by atoms with Crippen LogP contribution in [-0.2, 0) is 4.79 Å². The largest absolute Gasteiger partial charge is 0.288 e. The summed E-state index contributed by atoms with van der Waals surface area (Å²) in [6.07, 6.45) is 4.03. The van der Waals surface area contributed by atoms with Gasteiger partial charge in [-0.1, -0.05) is 54.2 Å². The van der Waals surface area contributed by atoms with Gasteiger partial charge in [0, 0.05) is 12.7 Å². The Balaban J connectivity index is 2.37. The van der Waals surface area contributed by atoms with Crippen LogP contribution in [0.2, 0.25) is 0 Å². The Morgan fingerprint density at radius 2 is 2.08 bits per heavy atom. The molecular formula is C11H12OS. The van der Waals surface area contributed by atoms with Gasteiger partial charge in [0.15, 0.2) is 5.12 Å². The van der Waals surface area contributed by atoms with E-state index in [1.807, 2.05) is 42.5 Å². The lowest BCUT2D eigenvalue weighted by molar-refractivity contribution is -0.109. The van der Waals surface area contributed by atoms with Crippen LogP contribution in [0.3, 0.4) is 0 Å². The second-order valence-corrected chi connectivity index (χ2v) is 3.81. The molecule has 0 aliphatic carbocycles. The predicted molar refractivity (Wildman–Crippen MR) is 58.6 cm³/mol. The maximum absolute atomic E-state index is 10.6. The molecule has 0 N–H and O–H groups in total. The molecular weight excluding hydrogens is 180 g/mol. The van der Waals surface area contributed by atoms with Crippen molar-refractivity contribution in [1.82, 2.24) is 0 Å². The van der Waals surface area contributed by atoms with Crippen LogP contribution in [0.5, 0.6) is 0 Å². The second kappa shape index (κ2) is 5.60. The van der Waals surface area contributed by atoms with E-state index in [9.17, 15) is 4.79 Å². The third-order valence-electron chi connectivity index (χ3n) is 1.49. The maximum atomic E-state index is 10.6. The molecule has 0 aliphatic heterocycles. The van der Waals surface area contributed by atoms with Crippen molar-refractivity contribution < 1.29 is 4.79 Å². The van der Waals surface area contributed by atoms with Crippen molar-refractivity contribution in [3.8, 4) is 0 Å². The molecule has 0 aromatic heterocycles. The number of hydrogen-bond donors (Lipinski definition) is 0. The molecule has 0 bridgehead atoms. The molecule has 0 aliphatic rings. The summed E-state index contributed by atoms with van der Waals surface area (Å²) < 4.78 is 0. The van der Waals surface area contributed by atoms with Gasteiger partial charge >= 0.3 is 0 Å². The van der Waals surface area contributed by atoms with Gasteiger partial charge in [-0.15, -0.1) is 0 Å². The smallest absolute Gasteiger partial charge is 0.186 e. The van der Waals surface area contributed by atoms with Crippen LogP contribution in [0.15, 0.2) is 36.4 Å². The topological polar surface area (TPSA) is 17.1 Å². The van der Waals surface area contributed by atoms with Crippen LogP contribution in [-0.4, -0.2) is 10.9 Å². The third-order valence-corrected chi connectivity index (χ3v) is 2.26. The quantitative estimate of drug-likeness (QED) is 0.732. The summed E-state index contributed by atoms with van der Waals surface area (Å²) in [6, 6.07) is 10.1.